The molecule has 3 aromatic rings. The molecule has 24 heavy (non-hydrogen) atoms. The van der Waals surface area contributed by atoms with Crippen LogP contribution in [-0.2, 0) is 4.74 Å². The van der Waals surface area contributed by atoms with E-state index in [4.69, 9.17) is 9.15 Å². The number of amides is 1. The van der Waals surface area contributed by atoms with Gasteiger partial charge in [-0.3, -0.25) is 4.79 Å². The monoisotopic (exact) mass is 325 g/mol. The standard InChI is InChI=1S/C18H19N3O3/c1-13-5-3-6-14(11-13)21-16(18(22)19-8-10-23-2)12-15(20-21)17-7-4-9-24-17/h3-7,9,11-12H,8,10H2,1-2H3,(H,19,22). The minimum atomic E-state index is -0.209. The summed E-state index contributed by atoms with van der Waals surface area (Å²) in [5.74, 6) is 0.409. The number of methoxy groups -OCH3 is 1. The van der Waals surface area contributed by atoms with Gasteiger partial charge < -0.3 is 14.5 Å². The predicted molar refractivity (Wildman–Crippen MR) is 90.2 cm³/mol. The predicted octanol–water partition coefficient (Wildman–Crippen LogP) is 2.82. The normalized spacial score (nSPS) is 10.8. The summed E-state index contributed by atoms with van der Waals surface area (Å²) in [4.78, 5) is 12.5. The molecule has 3 rings (SSSR count). The lowest BCUT2D eigenvalue weighted by atomic mass is 10.2. The maximum Gasteiger partial charge on any atom is 0.270 e. The summed E-state index contributed by atoms with van der Waals surface area (Å²) in [5, 5.41) is 7.37. The third kappa shape index (κ3) is 3.38. The van der Waals surface area contributed by atoms with E-state index in [2.05, 4.69) is 10.4 Å². The van der Waals surface area contributed by atoms with E-state index in [-0.39, 0.29) is 5.91 Å². The summed E-state index contributed by atoms with van der Waals surface area (Å²) in [6, 6.07) is 13.2. The molecule has 0 bridgehead atoms. The molecule has 0 saturated heterocycles. The summed E-state index contributed by atoms with van der Waals surface area (Å²) in [6.07, 6.45) is 1.58. The number of nitrogens with zero attached hydrogens (tertiary/aromatic N) is 2. The first-order valence-electron chi connectivity index (χ1n) is 7.67. The largest absolute Gasteiger partial charge is 0.463 e. The SMILES string of the molecule is COCCNC(=O)c1cc(-c2ccco2)nn1-c1cccc(C)c1. The quantitative estimate of drug-likeness (QED) is 0.708. The van der Waals surface area contributed by atoms with Gasteiger partial charge in [-0.15, -0.1) is 0 Å². The summed E-state index contributed by atoms with van der Waals surface area (Å²) in [5.41, 5.74) is 2.97. The van der Waals surface area contributed by atoms with Crippen molar-refractivity contribution in [1.82, 2.24) is 15.1 Å². The van der Waals surface area contributed by atoms with Crippen molar-refractivity contribution in [2.24, 2.45) is 0 Å². The summed E-state index contributed by atoms with van der Waals surface area (Å²) < 4.78 is 12.0. The van der Waals surface area contributed by atoms with Crippen molar-refractivity contribution in [3.63, 3.8) is 0 Å². The third-order valence-corrected chi connectivity index (χ3v) is 3.55. The van der Waals surface area contributed by atoms with Gasteiger partial charge in [0.15, 0.2) is 5.76 Å². The lowest BCUT2D eigenvalue weighted by Gasteiger charge is -2.08. The number of nitrogens with one attached hydrogen (secondary N) is 1. The molecule has 0 atom stereocenters. The van der Waals surface area contributed by atoms with Gasteiger partial charge in [-0.05, 0) is 36.8 Å². The number of furan rings is 1. The van der Waals surface area contributed by atoms with Gasteiger partial charge >= 0.3 is 0 Å². The first kappa shape index (κ1) is 16.0. The minimum absolute atomic E-state index is 0.209. The fourth-order valence-corrected chi connectivity index (χ4v) is 2.40. The second-order valence-electron chi connectivity index (χ2n) is 5.39. The van der Waals surface area contributed by atoms with E-state index in [0.717, 1.165) is 11.3 Å². The molecule has 6 nitrogen and oxygen atoms in total. The Morgan fingerprint density at radius 2 is 2.17 bits per heavy atom. The Kier molecular flexibility index (Phi) is 4.77. The first-order chi connectivity index (χ1) is 11.7. The first-order valence-corrected chi connectivity index (χ1v) is 7.67. The molecule has 1 N–H and O–H groups in total. The molecular weight excluding hydrogens is 306 g/mol. The van der Waals surface area contributed by atoms with Crippen LogP contribution in [-0.4, -0.2) is 35.9 Å². The van der Waals surface area contributed by atoms with E-state index >= 15 is 0 Å². The van der Waals surface area contributed by atoms with Crippen molar-refractivity contribution < 1.29 is 13.9 Å². The molecule has 1 amide bonds. The van der Waals surface area contributed by atoms with Crippen LogP contribution in [0.15, 0.2) is 53.1 Å². The number of aryl methyl sites for hydroxylation is 1. The Hall–Kier alpha value is -2.86. The second-order valence-corrected chi connectivity index (χ2v) is 5.39. The van der Waals surface area contributed by atoms with E-state index < -0.39 is 0 Å². The van der Waals surface area contributed by atoms with Crippen molar-refractivity contribution in [2.45, 2.75) is 6.92 Å². The van der Waals surface area contributed by atoms with E-state index in [9.17, 15) is 4.79 Å². The van der Waals surface area contributed by atoms with Crippen molar-refractivity contribution in [2.75, 3.05) is 20.3 Å². The van der Waals surface area contributed by atoms with Crippen molar-refractivity contribution in [3.8, 4) is 17.1 Å². The molecule has 0 spiro atoms. The highest BCUT2D eigenvalue weighted by Gasteiger charge is 2.18. The number of aromatic nitrogens is 2. The number of hydrogen-bond acceptors (Lipinski definition) is 4. The van der Waals surface area contributed by atoms with E-state index in [1.165, 1.54) is 0 Å². The average molecular weight is 325 g/mol. The Morgan fingerprint density at radius 1 is 1.29 bits per heavy atom. The average Bonchev–Trinajstić information content (AvgIpc) is 3.24. The van der Waals surface area contributed by atoms with Gasteiger partial charge in [-0.1, -0.05) is 12.1 Å². The van der Waals surface area contributed by atoms with Gasteiger partial charge in [0, 0.05) is 19.7 Å². The number of benzene rings is 1. The Labute approximate surface area is 140 Å². The van der Waals surface area contributed by atoms with Gasteiger partial charge in [-0.2, -0.15) is 5.10 Å². The number of carbonyl (C=O) groups excluding carboxylic acids is 1. The van der Waals surface area contributed by atoms with Crippen molar-refractivity contribution >= 4 is 5.91 Å². The number of ether oxygens (including phenoxy) is 1. The van der Waals surface area contributed by atoms with E-state index in [1.54, 1.807) is 30.2 Å². The van der Waals surface area contributed by atoms with Crippen LogP contribution in [0.5, 0.6) is 0 Å². The Bertz CT molecular complexity index is 822. The molecule has 0 aliphatic rings. The molecule has 1 aromatic carbocycles. The molecule has 2 heterocycles. The highest BCUT2D eigenvalue weighted by Crippen LogP contribution is 2.22. The van der Waals surface area contributed by atoms with Crippen LogP contribution in [0.3, 0.4) is 0 Å². The van der Waals surface area contributed by atoms with Gasteiger partial charge in [0.1, 0.15) is 11.4 Å². The smallest absolute Gasteiger partial charge is 0.270 e. The zero-order valence-electron chi connectivity index (χ0n) is 13.7. The molecule has 2 aromatic heterocycles. The second kappa shape index (κ2) is 7.14. The maximum absolute atomic E-state index is 12.5. The fourth-order valence-electron chi connectivity index (χ4n) is 2.40. The topological polar surface area (TPSA) is 69.3 Å². The van der Waals surface area contributed by atoms with Crippen LogP contribution in [0.2, 0.25) is 0 Å². The number of hydrogen-bond donors (Lipinski definition) is 1. The molecular formula is C18H19N3O3. The number of rotatable bonds is 6. The summed E-state index contributed by atoms with van der Waals surface area (Å²) in [7, 11) is 1.60. The molecule has 0 aliphatic heterocycles. The van der Waals surface area contributed by atoms with Crippen LogP contribution in [0.25, 0.3) is 17.1 Å². The zero-order chi connectivity index (χ0) is 16.9. The van der Waals surface area contributed by atoms with Gasteiger partial charge in [0.2, 0.25) is 0 Å². The van der Waals surface area contributed by atoms with Crippen LogP contribution < -0.4 is 5.32 Å². The molecule has 124 valence electrons. The fraction of sp³-hybridized carbons (Fsp3) is 0.222. The molecule has 0 fully saturated rings. The Balaban J connectivity index is 2.00. The van der Waals surface area contributed by atoms with Gasteiger partial charge in [0.05, 0.1) is 18.6 Å². The van der Waals surface area contributed by atoms with E-state index in [0.29, 0.717) is 30.3 Å². The summed E-state index contributed by atoms with van der Waals surface area (Å²) >= 11 is 0. The molecule has 0 radical (unpaired) electrons. The molecule has 0 unspecified atom stereocenters. The lowest BCUT2D eigenvalue weighted by Crippen LogP contribution is -2.28. The van der Waals surface area contributed by atoms with Crippen LogP contribution >= 0.6 is 0 Å². The maximum atomic E-state index is 12.5. The Morgan fingerprint density at radius 3 is 2.88 bits per heavy atom. The van der Waals surface area contributed by atoms with Crippen molar-refractivity contribution in [3.05, 3.63) is 60.0 Å². The van der Waals surface area contributed by atoms with Crippen LogP contribution in [0.4, 0.5) is 0 Å². The van der Waals surface area contributed by atoms with E-state index in [1.807, 2.05) is 37.3 Å². The van der Waals surface area contributed by atoms with Crippen LogP contribution in [0, 0.1) is 6.92 Å². The van der Waals surface area contributed by atoms with Crippen LogP contribution in [0.1, 0.15) is 16.1 Å². The molecule has 0 aliphatic carbocycles. The highest BCUT2D eigenvalue weighted by atomic mass is 16.5. The minimum Gasteiger partial charge on any atom is -0.463 e. The summed E-state index contributed by atoms with van der Waals surface area (Å²) in [6.45, 7) is 2.89. The highest BCUT2D eigenvalue weighted by molar-refractivity contribution is 5.94. The molecule has 6 heteroatoms. The van der Waals surface area contributed by atoms with Gasteiger partial charge in [-0.25, -0.2) is 4.68 Å². The van der Waals surface area contributed by atoms with Crippen molar-refractivity contribution in [1.29, 1.82) is 0 Å². The number of carbonyl (C=O) groups is 1. The lowest BCUT2D eigenvalue weighted by molar-refractivity contribution is 0.0929. The molecule has 0 saturated carbocycles. The van der Waals surface area contributed by atoms with Gasteiger partial charge in [0.25, 0.3) is 5.91 Å². The zero-order valence-corrected chi connectivity index (χ0v) is 13.7. The third-order valence-electron chi connectivity index (χ3n) is 3.55.